The van der Waals surface area contributed by atoms with Crippen molar-refractivity contribution in [2.24, 2.45) is 5.73 Å². The van der Waals surface area contributed by atoms with Crippen LogP contribution in [0.1, 0.15) is 51.5 Å². The monoisotopic (exact) mass is 277 g/mol. The Hall–Kier alpha value is -1.62. The Balaban J connectivity index is 2.27. The average Bonchev–Trinajstić information content (AvgIpc) is 2.35. The van der Waals surface area contributed by atoms with E-state index in [0.717, 1.165) is 29.9 Å². The van der Waals surface area contributed by atoms with Crippen molar-refractivity contribution in [3.8, 4) is 0 Å². The van der Waals surface area contributed by atoms with Gasteiger partial charge in [0.25, 0.3) is 0 Å². The molecule has 5 heteroatoms. The number of pyridine rings is 1. The highest BCUT2D eigenvalue weighted by molar-refractivity contribution is 5.89. The number of nitrogens with two attached hydrogens (primary N) is 1. The smallest absolute Gasteiger partial charge is 0.414 e. The van der Waals surface area contributed by atoms with Gasteiger partial charge < -0.3 is 10.5 Å². The molecule has 0 aliphatic carbocycles. The van der Waals surface area contributed by atoms with E-state index in [1.165, 1.54) is 0 Å². The van der Waals surface area contributed by atoms with Crippen molar-refractivity contribution in [2.45, 2.75) is 52.2 Å². The number of aryl methyl sites for hydroxylation is 1. The zero-order valence-electron chi connectivity index (χ0n) is 12.6. The van der Waals surface area contributed by atoms with E-state index in [4.69, 9.17) is 10.5 Å². The first-order valence-electron chi connectivity index (χ1n) is 7.04. The van der Waals surface area contributed by atoms with E-state index in [2.05, 4.69) is 4.98 Å². The van der Waals surface area contributed by atoms with E-state index in [0.29, 0.717) is 6.54 Å². The van der Waals surface area contributed by atoms with Crippen molar-refractivity contribution in [3.05, 3.63) is 23.5 Å². The Bertz CT molecular complexity index is 506. The predicted molar refractivity (Wildman–Crippen MR) is 78.7 cm³/mol. The van der Waals surface area contributed by atoms with Gasteiger partial charge in [-0.2, -0.15) is 0 Å². The normalized spacial score (nSPS) is 16.6. The third kappa shape index (κ3) is 3.28. The summed E-state index contributed by atoms with van der Waals surface area (Å²) in [5.41, 5.74) is 7.99. The molecule has 0 radical (unpaired) electrons. The lowest BCUT2D eigenvalue weighted by Gasteiger charge is -2.31. The van der Waals surface area contributed by atoms with Crippen molar-refractivity contribution in [2.75, 3.05) is 11.4 Å². The Morgan fingerprint density at radius 1 is 1.45 bits per heavy atom. The molecular weight excluding hydrogens is 254 g/mol. The number of carbonyl (C=O) groups is 1. The summed E-state index contributed by atoms with van der Waals surface area (Å²) in [5.74, 6) is 0. The SMILES string of the molecule is C[C@@H](N)c1ccc2c(n1)CCCN2C(=O)OC(C)(C)C. The number of carbonyl (C=O) groups excluding carboxylic acids is 1. The number of anilines is 1. The Morgan fingerprint density at radius 3 is 2.75 bits per heavy atom. The lowest BCUT2D eigenvalue weighted by atomic mass is 10.1. The average molecular weight is 277 g/mol. The van der Waals surface area contributed by atoms with Gasteiger partial charge in [0.05, 0.1) is 17.1 Å². The molecule has 0 fully saturated rings. The molecule has 0 aromatic carbocycles. The molecular formula is C15H23N3O2. The highest BCUT2D eigenvalue weighted by Crippen LogP contribution is 2.28. The topological polar surface area (TPSA) is 68.5 Å². The van der Waals surface area contributed by atoms with Crippen LogP contribution in [0, 0.1) is 0 Å². The molecule has 1 aromatic heterocycles. The van der Waals surface area contributed by atoms with Crippen LogP contribution in [-0.2, 0) is 11.2 Å². The van der Waals surface area contributed by atoms with Gasteiger partial charge in [-0.25, -0.2) is 4.79 Å². The minimum Gasteiger partial charge on any atom is -0.443 e. The molecule has 0 spiro atoms. The van der Waals surface area contributed by atoms with E-state index in [-0.39, 0.29) is 12.1 Å². The first-order chi connectivity index (χ1) is 9.28. The maximum Gasteiger partial charge on any atom is 0.414 e. The third-order valence-corrected chi connectivity index (χ3v) is 3.14. The van der Waals surface area contributed by atoms with Gasteiger partial charge in [0, 0.05) is 12.6 Å². The van der Waals surface area contributed by atoms with Gasteiger partial charge in [0.2, 0.25) is 0 Å². The second-order valence-electron chi connectivity index (χ2n) is 6.23. The largest absolute Gasteiger partial charge is 0.443 e. The molecule has 2 heterocycles. The fourth-order valence-corrected chi connectivity index (χ4v) is 2.23. The van der Waals surface area contributed by atoms with Crippen LogP contribution < -0.4 is 10.6 Å². The third-order valence-electron chi connectivity index (χ3n) is 3.14. The number of hydrogen-bond donors (Lipinski definition) is 1. The highest BCUT2D eigenvalue weighted by atomic mass is 16.6. The lowest BCUT2D eigenvalue weighted by molar-refractivity contribution is 0.0577. The number of ether oxygens (including phenoxy) is 1. The van der Waals surface area contributed by atoms with Crippen LogP contribution >= 0.6 is 0 Å². The van der Waals surface area contributed by atoms with Gasteiger partial charge in [0.15, 0.2) is 0 Å². The Kier molecular flexibility index (Phi) is 3.99. The number of amides is 1. The maximum absolute atomic E-state index is 12.2. The number of fused-ring (bicyclic) bond motifs is 1. The fourth-order valence-electron chi connectivity index (χ4n) is 2.23. The summed E-state index contributed by atoms with van der Waals surface area (Å²) >= 11 is 0. The van der Waals surface area contributed by atoms with Crippen LogP contribution in [0.5, 0.6) is 0 Å². The molecule has 1 amide bonds. The van der Waals surface area contributed by atoms with E-state index >= 15 is 0 Å². The van der Waals surface area contributed by atoms with Gasteiger partial charge in [-0.05, 0) is 52.7 Å². The van der Waals surface area contributed by atoms with Crippen LogP contribution in [0.3, 0.4) is 0 Å². The van der Waals surface area contributed by atoms with Crippen LogP contribution in [0.25, 0.3) is 0 Å². The van der Waals surface area contributed by atoms with Crippen molar-refractivity contribution < 1.29 is 9.53 Å². The Labute approximate surface area is 120 Å². The van der Waals surface area contributed by atoms with Crippen molar-refractivity contribution in [1.29, 1.82) is 0 Å². The summed E-state index contributed by atoms with van der Waals surface area (Å²) in [4.78, 5) is 18.5. The Morgan fingerprint density at radius 2 is 2.15 bits per heavy atom. The number of rotatable bonds is 1. The quantitative estimate of drug-likeness (QED) is 0.857. The number of aromatic nitrogens is 1. The fraction of sp³-hybridized carbons (Fsp3) is 0.600. The molecule has 2 N–H and O–H groups in total. The lowest BCUT2D eigenvalue weighted by Crippen LogP contribution is -2.40. The number of nitrogens with zero attached hydrogens (tertiary/aromatic N) is 2. The van der Waals surface area contributed by atoms with Crippen molar-refractivity contribution >= 4 is 11.8 Å². The summed E-state index contributed by atoms with van der Waals surface area (Å²) in [6.07, 6.45) is 1.45. The van der Waals surface area contributed by atoms with Crippen LogP contribution in [0.15, 0.2) is 12.1 Å². The molecule has 1 aromatic rings. The molecule has 20 heavy (non-hydrogen) atoms. The highest BCUT2D eigenvalue weighted by Gasteiger charge is 2.28. The van der Waals surface area contributed by atoms with Gasteiger partial charge >= 0.3 is 6.09 Å². The predicted octanol–water partition coefficient (Wildman–Crippen LogP) is 2.79. The summed E-state index contributed by atoms with van der Waals surface area (Å²) in [5, 5.41) is 0. The molecule has 5 nitrogen and oxygen atoms in total. The summed E-state index contributed by atoms with van der Waals surface area (Å²) in [6.45, 7) is 8.18. The first kappa shape index (κ1) is 14.8. The maximum atomic E-state index is 12.2. The van der Waals surface area contributed by atoms with Gasteiger partial charge in [0.1, 0.15) is 5.60 Å². The minimum atomic E-state index is -0.492. The van der Waals surface area contributed by atoms with E-state index in [9.17, 15) is 4.79 Å². The molecule has 1 aliphatic rings. The van der Waals surface area contributed by atoms with E-state index in [1.807, 2.05) is 39.8 Å². The molecule has 2 rings (SSSR count). The second-order valence-corrected chi connectivity index (χ2v) is 6.23. The summed E-state index contributed by atoms with van der Waals surface area (Å²) < 4.78 is 5.45. The van der Waals surface area contributed by atoms with E-state index in [1.54, 1.807) is 4.90 Å². The second kappa shape index (κ2) is 5.40. The van der Waals surface area contributed by atoms with E-state index < -0.39 is 5.60 Å². The van der Waals surface area contributed by atoms with Crippen LogP contribution in [0.4, 0.5) is 10.5 Å². The molecule has 0 saturated heterocycles. The summed E-state index contributed by atoms with van der Waals surface area (Å²) in [6, 6.07) is 3.70. The van der Waals surface area contributed by atoms with Gasteiger partial charge in [-0.1, -0.05) is 0 Å². The molecule has 0 bridgehead atoms. The van der Waals surface area contributed by atoms with Crippen molar-refractivity contribution in [3.63, 3.8) is 0 Å². The molecule has 0 saturated carbocycles. The zero-order valence-corrected chi connectivity index (χ0v) is 12.6. The van der Waals surface area contributed by atoms with Crippen LogP contribution in [-0.4, -0.2) is 23.2 Å². The molecule has 1 atom stereocenters. The molecule has 1 aliphatic heterocycles. The van der Waals surface area contributed by atoms with Crippen LogP contribution in [0.2, 0.25) is 0 Å². The molecule has 0 unspecified atom stereocenters. The summed E-state index contributed by atoms with van der Waals surface area (Å²) in [7, 11) is 0. The van der Waals surface area contributed by atoms with Gasteiger partial charge in [-0.3, -0.25) is 9.88 Å². The molecule has 110 valence electrons. The minimum absolute atomic E-state index is 0.0998. The van der Waals surface area contributed by atoms with Crippen molar-refractivity contribution in [1.82, 2.24) is 4.98 Å². The standard InChI is InChI=1S/C15H23N3O2/c1-10(16)11-7-8-13-12(17-11)6-5-9-18(13)14(19)20-15(2,3)4/h7-8,10H,5-6,9,16H2,1-4H3/t10-/m1/s1. The first-order valence-corrected chi connectivity index (χ1v) is 7.04. The zero-order chi connectivity index (χ0) is 14.9. The van der Waals surface area contributed by atoms with Gasteiger partial charge in [-0.15, -0.1) is 0 Å². The number of hydrogen-bond acceptors (Lipinski definition) is 4.